The van der Waals surface area contributed by atoms with Crippen LogP contribution in [0.2, 0.25) is 0 Å². The number of hydrogen-bond donors (Lipinski definition) is 3. The number of benzene rings is 1. The monoisotopic (exact) mass is 294 g/mol. The third kappa shape index (κ3) is 4.46. The molecule has 0 atom stereocenters. The molecule has 0 radical (unpaired) electrons. The van der Waals surface area contributed by atoms with Gasteiger partial charge in [-0.2, -0.15) is 0 Å². The predicted octanol–water partition coefficient (Wildman–Crippen LogP) is 2.32. The smallest absolute Gasteiger partial charge is 0.337 e. The summed E-state index contributed by atoms with van der Waals surface area (Å²) < 4.78 is 0. The van der Waals surface area contributed by atoms with Gasteiger partial charge >= 0.3 is 12.0 Å². The molecule has 3 N–H and O–H groups in total. The van der Waals surface area contributed by atoms with Gasteiger partial charge in [0.15, 0.2) is 0 Å². The fourth-order valence-corrected chi connectivity index (χ4v) is 2.03. The highest BCUT2D eigenvalue weighted by Gasteiger charge is 2.20. The average molecular weight is 294 g/mol. The van der Waals surface area contributed by atoms with Gasteiger partial charge in [-0.15, -0.1) is 0 Å². The van der Waals surface area contributed by atoms with E-state index in [1.807, 2.05) is 13.8 Å². The fraction of sp³-hybridized carbons (Fsp3) is 0.467. The molecule has 0 unspecified atom stereocenters. The number of amides is 2. The average Bonchev–Trinajstić information content (AvgIpc) is 2.40. The summed E-state index contributed by atoms with van der Waals surface area (Å²) in [5.41, 5.74) is 1.06. The highest BCUT2D eigenvalue weighted by Crippen LogP contribution is 2.21. The molecule has 1 rings (SSSR count). The Morgan fingerprint density at radius 3 is 2.52 bits per heavy atom. The molecular weight excluding hydrogens is 272 g/mol. The summed E-state index contributed by atoms with van der Waals surface area (Å²) in [4.78, 5) is 25.1. The molecule has 0 aliphatic heterocycles. The van der Waals surface area contributed by atoms with Crippen LogP contribution in [0.15, 0.2) is 18.2 Å². The molecule has 0 heterocycles. The van der Waals surface area contributed by atoms with Crippen molar-refractivity contribution in [3.05, 3.63) is 29.3 Å². The number of rotatable bonds is 6. The van der Waals surface area contributed by atoms with Crippen molar-refractivity contribution >= 4 is 17.7 Å². The van der Waals surface area contributed by atoms with Crippen molar-refractivity contribution < 1.29 is 19.8 Å². The van der Waals surface area contributed by atoms with Gasteiger partial charge in [0, 0.05) is 19.2 Å². The molecule has 1 aromatic rings. The molecule has 116 valence electrons. The maximum Gasteiger partial charge on any atom is 0.337 e. The lowest BCUT2D eigenvalue weighted by Crippen LogP contribution is -2.41. The van der Waals surface area contributed by atoms with Crippen molar-refractivity contribution in [1.29, 1.82) is 0 Å². The van der Waals surface area contributed by atoms with Gasteiger partial charge in [0.05, 0.1) is 11.3 Å². The second kappa shape index (κ2) is 7.64. The Morgan fingerprint density at radius 2 is 2.00 bits per heavy atom. The number of nitrogens with one attached hydrogen (secondary N) is 1. The van der Waals surface area contributed by atoms with Crippen molar-refractivity contribution in [2.45, 2.75) is 33.2 Å². The van der Waals surface area contributed by atoms with E-state index in [0.29, 0.717) is 24.2 Å². The largest absolute Gasteiger partial charge is 0.478 e. The number of hydrogen-bond acceptors (Lipinski definition) is 3. The van der Waals surface area contributed by atoms with Crippen LogP contribution in [0, 0.1) is 6.92 Å². The molecule has 0 fully saturated rings. The minimum Gasteiger partial charge on any atom is -0.478 e. The van der Waals surface area contributed by atoms with E-state index in [1.54, 1.807) is 24.0 Å². The Balaban J connectivity index is 2.98. The van der Waals surface area contributed by atoms with E-state index in [2.05, 4.69) is 5.32 Å². The van der Waals surface area contributed by atoms with E-state index in [9.17, 15) is 14.7 Å². The number of aromatic carboxylic acids is 1. The molecule has 6 heteroatoms. The number of nitrogens with zero attached hydrogens (tertiary/aromatic N) is 1. The molecule has 0 bridgehead atoms. The van der Waals surface area contributed by atoms with Crippen molar-refractivity contribution in [3.8, 4) is 0 Å². The fourth-order valence-electron chi connectivity index (χ4n) is 2.03. The molecule has 0 aromatic heterocycles. The second-order valence-corrected chi connectivity index (χ2v) is 5.10. The van der Waals surface area contributed by atoms with E-state index in [1.165, 1.54) is 6.07 Å². The van der Waals surface area contributed by atoms with Crippen LogP contribution in [0.4, 0.5) is 10.5 Å². The van der Waals surface area contributed by atoms with Gasteiger partial charge in [0.25, 0.3) is 0 Å². The van der Waals surface area contributed by atoms with E-state index >= 15 is 0 Å². The number of carboxylic acids is 1. The summed E-state index contributed by atoms with van der Waals surface area (Å²) in [6, 6.07) is 4.43. The summed E-state index contributed by atoms with van der Waals surface area (Å²) in [6.45, 7) is 5.89. The zero-order chi connectivity index (χ0) is 16.0. The number of aryl methyl sites for hydroxylation is 1. The van der Waals surface area contributed by atoms with E-state index < -0.39 is 5.97 Å². The van der Waals surface area contributed by atoms with Gasteiger partial charge in [-0.05, 0) is 38.8 Å². The third-order valence-corrected chi connectivity index (χ3v) is 3.18. The Kier molecular flexibility index (Phi) is 6.17. The molecular formula is C15H22N2O4. The number of urea groups is 1. The number of aliphatic hydroxyl groups excluding tert-OH is 1. The first-order chi connectivity index (χ1) is 9.88. The molecule has 2 amide bonds. The summed E-state index contributed by atoms with van der Waals surface area (Å²) >= 11 is 0. The first kappa shape index (κ1) is 17.0. The van der Waals surface area contributed by atoms with E-state index in [-0.39, 0.29) is 24.2 Å². The second-order valence-electron chi connectivity index (χ2n) is 5.10. The van der Waals surface area contributed by atoms with Crippen LogP contribution in [0.5, 0.6) is 0 Å². The number of carbonyl (C=O) groups is 2. The maximum absolute atomic E-state index is 12.3. The van der Waals surface area contributed by atoms with Crippen LogP contribution in [0.25, 0.3) is 0 Å². The highest BCUT2D eigenvalue weighted by molar-refractivity contribution is 6.01. The molecule has 0 saturated heterocycles. The van der Waals surface area contributed by atoms with Crippen LogP contribution in [0.1, 0.15) is 36.2 Å². The Hall–Kier alpha value is -2.08. The number of para-hydroxylation sites is 1. The number of aliphatic hydroxyl groups is 1. The minimum atomic E-state index is -1.08. The molecule has 0 aliphatic rings. The molecule has 0 aliphatic carbocycles. The number of carbonyl (C=O) groups excluding carboxylic acids is 1. The minimum absolute atomic E-state index is 0.00123. The molecule has 6 nitrogen and oxygen atoms in total. The van der Waals surface area contributed by atoms with Crippen LogP contribution < -0.4 is 5.32 Å². The Bertz CT molecular complexity index is 514. The van der Waals surface area contributed by atoms with Crippen molar-refractivity contribution in [2.75, 3.05) is 18.5 Å². The highest BCUT2D eigenvalue weighted by atomic mass is 16.4. The maximum atomic E-state index is 12.3. The summed E-state index contributed by atoms with van der Waals surface area (Å²) in [6.07, 6.45) is 0.477. The first-order valence-corrected chi connectivity index (χ1v) is 6.89. The van der Waals surface area contributed by atoms with E-state index in [4.69, 9.17) is 5.11 Å². The van der Waals surface area contributed by atoms with Gasteiger partial charge in [-0.1, -0.05) is 12.1 Å². The van der Waals surface area contributed by atoms with Crippen molar-refractivity contribution in [2.24, 2.45) is 0 Å². The zero-order valence-electron chi connectivity index (χ0n) is 12.6. The van der Waals surface area contributed by atoms with Gasteiger partial charge < -0.3 is 20.4 Å². The van der Waals surface area contributed by atoms with Gasteiger partial charge in [0.1, 0.15) is 0 Å². The van der Waals surface area contributed by atoms with Crippen LogP contribution in [-0.4, -0.2) is 46.3 Å². The standard InChI is InChI=1S/C15H22N2O4/c1-10(2)17(8-5-9-18)15(21)16-13-11(3)6-4-7-12(13)14(19)20/h4,6-7,10,18H,5,8-9H2,1-3H3,(H,16,21)(H,19,20). The van der Waals surface area contributed by atoms with Crippen molar-refractivity contribution in [1.82, 2.24) is 4.90 Å². The van der Waals surface area contributed by atoms with Crippen molar-refractivity contribution in [3.63, 3.8) is 0 Å². The van der Waals surface area contributed by atoms with Crippen LogP contribution in [-0.2, 0) is 0 Å². The van der Waals surface area contributed by atoms with Crippen LogP contribution >= 0.6 is 0 Å². The van der Waals surface area contributed by atoms with Gasteiger partial charge in [-0.25, -0.2) is 9.59 Å². The van der Waals surface area contributed by atoms with Gasteiger partial charge in [-0.3, -0.25) is 0 Å². The predicted molar refractivity (Wildman–Crippen MR) is 80.7 cm³/mol. The van der Waals surface area contributed by atoms with Crippen LogP contribution in [0.3, 0.4) is 0 Å². The topological polar surface area (TPSA) is 89.9 Å². The molecule has 0 spiro atoms. The third-order valence-electron chi connectivity index (χ3n) is 3.18. The lowest BCUT2D eigenvalue weighted by Gasteiger charge is -2.27. The Morgan fingerprint density at radius 1 is 1.33 bits per heavy atom. The quantitative estimate of drug-likeness (QED) is 0.751. The molecule has 1 aromatic carbocycles. The lowest BCUT2D eigenvalue weighted by atomic mass is 10.1. The SMILES string of the molecule is Cc1cccc(C(=O)O)c1NC(=O)N(CCCO)C(C)C. The first-order valence-electron chi connectivity index (χ1n) is 6.89. The van der Waals surface area contributed by atoms with E-state index in [0.717, 1.165) is 0 Å². The number of anilines is 1. The molecule has 21 heavy (non-hydrogen) atoms. The van der Waals surface area contributed by atoms with Gasteiger partial charge in [0.2, 0.25) is 0 Å². The molecule has 0 saturated carbocycles. The summed E-state index contributed by atoms with van der Waals surface area (Å²) in [5.74, 6) is -1.08. The summed E-state index contributed by atoms with van der Waals surface area (Å²) in [5, 5.41) is 20.8. The summed E-state index contributed by atoms with van der Waals surface area (Å²) in [7, 11) is 0. The zero-order valence-corrected chi connectivity index (χ0v) is 12.6. The lowest BCUT2D eigenvalue weighted by molar-refractivity contribution is 0.0698. The Labute approximate surface area is 124 Å². The normalized spacial score (nSPS) is 10.5. The number of carboxylic acid groups (broad SMARTS) is 1.